The van der Waals surface area contributed by atoms with Crippen LogP contribution in [0.25, 0.3) is 21.7 Å². The first kappa shape index (κ1) is 24.2. The molecule has 1 aliphatic heterocycles. The van der Waals surface area contributed by atoms with Gasteiger partial charge in [0, 0.05) is 41.4 Å². The normalized spacial score (nSPS) is 14.4. The minimum atomic E-state index is -1.82. The SMILES string of the molecule is O=C(O)C(=O)O.c1ccc2c(C3CCN(CCCOc4cccc5[nH]ccc45)CC3)cncc2c1. The Kier molecular flexibility index (Phi) is 7.95. The van der Waals surface area contributed by atoms with Crippen molar-refractivity contribution >= 4 is 33.6 Å². The van der Waals surface area contributed by atoms with Crippen LogP contribution < -0.4 is 4.74 Å². The molecule has 35 heavy (non-hydrogen) atoms. The summed E-state index contributed by atoms with van der Waals surface area (Å²) in [5.41, 5.74) is 2.55. The summed E-state index contributed by atoms with van der Waals surface area (Å²) < 4.78 is 6.05. The minimum Gasteiger partial charge on any atom is -0.493 e. The fourth-order valence-corrected chi connectivity index (χ4v) is 4.59. The molecule has 0 saturated carbocycles. The number of ether oxygens (including phenoxy) is 1. The van der Waals surface area contributed by atoms with Crippen LogP contribution in [0.5, 0.6) is 5.75 Å². The number of hydrogen-bond donors (Lipinski definition) is 3. The summed E-state index contributed by atoms with van der Waals surface area (Å²) in [6, 6.07) is 16.9. The number of nitrogens with one attached hydrogen (secondary N) is 1. The lowest BCUT2D eigenvalue weighted by atomic mass is 9.87. The molecule has 0 radical (unpaired) electrons. The number of pyridine rings is 1. The quantitative estimate of drug-likeness (QED) is 0.277. The summed E-state index contributed by atoms with van der Waals surface area (Å²) in [4.78, 5) is 28.5. The number of carboxylic acid groups (broad SMARTS) is 2. The van der Waals surface area contributed by atoms with E-state index in [4.69, 9.17) is 24.5 Å². The predicted octanol–water partition coefficient (Wildman–Crippen LogP) is 4.52. The van der Waals surface area contributed by atoms with Crippen LogP contribution in [0.15, 0.2) is 67.1 Å². The van der Waals surface area contributed by atoms with Crippen molar-refractivity contribution in [3.05, 3.63) is 72.7 Å². The Labute approximate surface area is 203 Å². The second kappa shape index (κ2) is 11.5. The van der Waals surface area contributed by atoms with E-state index in [1.165, 1.54) is 29.2 Å². The summed E-state index contributed by atoms with van der Waals surface area (Å²) in [6.45, 7) is 4.17. The van der Waals surface area contributed by atoms with E-state index in [0.717, 1.165) is 49.3 Å². The average Bonchev–Trinajstić information content (AvgIpc) is 3.37. The number of fused-ring (bicyclic) bond motifs is 2. The molecule has 8 heteroatoms. The standard InChI is InChI=1S/C25H27N3O.C2H2O4/c1-2-6-21-20(5-1)17-26-18-23(21)19-10-14-28(15-11-19)13-4-16-29-25-8-3-7-24-22(25)9-12-27-24;3-1(4)2(5)6/h1-3,5-9,12,17-19,27H,4,10-11,13-16H2;(H,3,4)(H,5,6). The lowest BCUT2D eigenvalue weighted by Gasteiger charge is -2.32. The van der Waals surface area contributed by atoms with Crippen LogP contribution in [0.1, 0.15) is 30.7 Å². The van der Waals surface area contributed by atoms with Crippen molar-refractivity contribution in [2.45, 2.75) is 25.2 Å². The molecule has 182 valence electrons. The van der Waals surface area contributed by atoms with Crippen molar-refractivity contribution in [3.63, 3.8) is 0 Å². The third-order valence-electron chi connectivity index (χ3n) is 6.34. The van der Waals surface area contributed by atoms with Crippen molar-refractivity contribution in [1.29, 1.82) is 0 Å². The molecule has 8 nitrogen and oxygen atoms in total. The smallest absolute Gasteiger partial charge is 0.414 e. The molecular formula is C27H29N3O5. The number of rotatable bonds is 6. The molecule has 4 aromatic rings. The number of hydrogen-bond acceptors (Lipinski definition) is 5. The van der Waals surface area contributed by atoms with Crippen molar-refractivity contribution < 1.29 is 24.5 Å². The number of benzene rings is 2. The van der Waals surface area contributed by atoms with E-state index >= 15 is 0 Å². The van der Waals surface area contributed by atoms with E-state index in [1.807, 2.05) is 18.5 Å². The molecule has 3 heterocycles. The van der Waals surface area contributed by atoms with Gasteiger partial charge in [0.25, 0.3) is 0 Å². The van der Waals surface area contributed by atoms with E-state index in [-0.39, 0.29) is 0 Å². The number of likely N-dealkylation sites (tertiary alicyclic amines) is 1. The van der Waals surface area contributed by atoms with Gasteiger partial charge in [0.05, 0.1) is 6.61 Å². The van der Waals surface area contributed by atoms with Crippen LogP contribution in [0.2, 0.25) is 0 Å². The van der Waals surface area contributed by atoms with Crippen molar-refractivity contribution in [2.24, 2.45) is 0 Å². The third kappa shape index (κ3) is 6.16. The highest BCUT2D eigenvalue weighted by atomic mass is 16.5. The van der Waals surface area contributed by atoms with Crippen LogP contribution in [0.4, 0.5) is 0 Å². The molecule has 0 atom stereocenters. The zero-order valence-electron chi connectivity index (χ0n) is 19.4. The molecule has 5 rings (SSSR count). The van der Waals surface area contributed by atoms with Gasteiger partial charge in [-0.1, -0.05) is 30.3 Å². The molecule has 0 spiro atoms. The maximum absolute atomic E-state index is 9.10. The lowest BCUT2D eigenvalue weighted by molar-refractivity contribution is -0.159. The molecule has 1 aliphatic rings. The molecule has 0 aliphatic carbocycles. The zero-order chi connectivity index (χ0) is 24.6. The fraction of sp³-hybridized carbons (Fsp3) is 0.296. The molecular weight excluding hydrogens is 446 g/mol. The molecule has 3 N–H and O–H groups in total. The molecule has 1 saturated heterocycles. The van der Waals surface area contributed by atoms with Gasteiger partial charge in [-0.05, 0) is 67.4 Å². The highest BCUT2D eigenvalue weighted by molar-refractivity contribution is 6.27. The number of nitrogens with zero attached hydrogens (tertiary/aromatic N) is 2. The van der Waals surface area contributed by atoms with Crippen LogP contribution in [-0.2, 0) is 9.59 Å². The summed E-state index contributed by atoms with van der Waals surface area (Å²) >= 11 is 0. The second-order valence-electron chi connectivity index (χ2n) is 8.57. The number of aromatic amines is 1. The minimum absolute atomic E-state index is 0.618. The van der Waals surface area contributed by atoms with Gasteiger partial charge < -0.3 is 24.8 Å². The first-order valence-electron chi connectivity index (χ1n) is 11.7. The van der Waals surface area contributed by atoms with Crippen LogP contribution in [0, 0.1) is 0 Å². The first-order valence-corrected chi connectivity index (χ1v) is 11.7. The molecule has 1 fully saturated rings. The Morgan fingerprint density at radius 2 is 1.74 bits per heavy atom. The zero-order valence-corrected chi connectivity index (χ0v) is 19.4. The Balaban J connectivity index is 0.000000431. The Bertz CT molecular complexity index is 1280. The molecule has 2 aromatic carbocycles. The van der Waals surface area contributed by atoms with E-state index in [0.29, 0.717) is 5.92 Å². The van der Waals surface area contributed by atoms with Crippen molar-refractivity contribution in [3.8, 4) is 5.75 Å². The van der Waals surface area contributed by atoms with Gasteiger partial charge in [-0.15, -0.1) is 0 Å². The van der Waals surface area contributed by atoms with E-state index < -0.39 is 11.9 Å². The van der Waals surface area contributed by atoms with Crippen LogP contribution in [-0.4, -0.2) is 63.3 Å². The van der Waals surface area contributed by atoms with Gasteiger partial charge in [-0.25, -0.2) is 9.59 Å². The largest absolute Gasteiger partial charge is 0.493 e. The summed E-state index contributed by atoms with van der Waals surface area (Å²) in [5.74, 6) is -2.05. The Morgan fingerprint density at radius 1 is 0.971 bits per heavy atom. The van der Waals surface area contributed by atoms with Gasteiger partial charge in [-0.2, -0.15) is 0 Å². The van der Waals surface area contributed by atoms with Gasteiger partial charge in [-0.3, -0.25) is 4.98 Å². The van der Waals surface area contributed by atoms with Crippen molar-refractivity contribution in [1.82, 2.24) is 14.9 Å². The summed E-state index contributed by atoms with van der Waals surface area (Å²) in [5, 5.41) is 18.6. The Morgan fingerprint density at radius 3 is 2.51 bits per heavy atom. The van der Waals surface area contributed by atoms with E-state index in [9.17, 15) is 0 Å². The monoisotopic (exact) mass is 475 g/mol. The van der Waals surface area contributed by atoms with Crippen LogP contribution in [0.3, 0.4) is 0 Å². The lowest BCUT2D eigenvalue weighted by Crippen LogP contribution is -2.34. The average molecular weight is 476 g/mol. The van der Waals surface area contributed by atoms with Crippen LogP contribution >= 0.6 is 0 Å². The van der Waals surface area contributed by atoms with E-state index in [2.05, 4.69) is 63.5 Å². The highest BCUT2D eigenvalue weighted by Crippen LogP contribution is 2.32. The topological polar surface area (TPSA) is 116 Å². The predicted molar refractivity (Wildman–Crippen MR) is 134 cm³/mol. The van der Waals surface area contributed by atoms with Gasteiger partial charge in [0.1, 0.15) is 5.75 Å². The summed E-state index contributed by atoms with van der Waals surface area (Å²) in [6.07, 6.45) is 9.49. The summed E-state index contributed by atoms with van der Waals surface area (Å²) in [7, 11) is 0. The number of piperidine rings is 1. The van der Waals surface area contributed by atoms with E-state index in [1.54, 1.807) is 0 Å². The molecule has 0 unspecified atom stereocenters. The highest BCUT2D eigenvalue weighted by Gasteiger charge is 2.22. The fourth-order valence-electron chi connectivity index (χ4n) is 4.59. The maximum Gasteiger partial charge on any atom is 0.414 e. The molecule has 0 bridgehead atoms. The number of carboxylic acids is 2. The maximum atomic E-state index is 9.10. The molecule has 0 amide bonds. The Hall–Kier alpha value is -3.91. The molecule has 2 aromatic heterocycles. The third-order valence-corrected chi connectivity index (χ3v) is 6.34. The van der Waals surface area contributed by atoms with Gasteiger partial charge >= 0.3 is 11.9 Å². The van der Waals surface area contributed by atoms with Crippen molar-refractivity contribution in [2.75, 3.05) is 26.2 Å². The number of aromatic nitrogens is 2. The van der Waals surface area contributed by atoms with Gasteiger partial charge in [0.2, 0.25) is 0 Å². The number of H-pyrrole nitrogens is 1. The number of carbonyl (C=O) groups is 2. The second-order valence-corrected chi connectivity index (χ2v) is 8.57. The van der Waals surface area contributed by atoms with Gasteiger partial charge in [0.15, 0.2) is 0 Å². The first-order chi connectivity index (χ1) is 17.0. The number of aliphatic carboxylic acids is 2.